The van der Waals surface area contributed by atoms with Gasteiger partial charge in [-0.1, -0.05) is 0 Å². The van der Waals surface area contributed by atoms with E-state index in [0.29, 0.717) is 18.8 Å². The monoisotopic (exact) mass is 390 g/mol. The number of methoxy groups -OCH3 is 1. The SMILES string of the molecule is CCN(c1ccc(C#N)c(C(F)(F)F)c1)C1CCN(c2cnccc2OC)C1. The molecule has 1 aliphatic heterocycles. The Bertz CT molecular complexity index is 878. The van der Waals surface area contributed by atoms with Crippen LogP contribution in [-0.4, -0.2) is 37.8 Å². The van der Waals surface area contributed by atoms with Crippen molar-refractivity contribution in [3.8, 4) is 11.8 Å². The molecule has 0 aliphatic carbocycles. The molecule has 1 atom stereocenters. The van der Waals surface area contributed by atoms with Crippen LogP contribution in [0.25, 0.3) is 0 Å². The van der Waals surface area contributed by atoms with Crippen LogP contribution in [0.4, 0.5) is 24.5 Å². The lowest BCUT2D eigenvalue weighted by atomic mass is 10.1. The summed E-state index contributed by atoms with van der Waals surface area (Å²) in [6, 6.07) is 7.38. The van der Waals surface area contributed by atoms with Crippen molar-refractivity contribution in [1.82, 2.24) is 4.98 Å². The Kier molecular flexibility index (Phi) is 5.63. The summed E-state index contributed by atoms with van der Waals surface area (Å²) in [7, 11) is 1.60. The Morgan fingerprint density at radius 3 is 2.79 bits per heavy atom. The van der Waals surface area contributed by atoms with Crippen LogP contribution in [-0.2, 0) is 6.18 Å². The summed E-state index contributed by atoms with van der Waals surface area (Å²) in [6.07, 6.45) is -0.372. The fourth-order valence-corrected chi connectivity index (χ4v) is 3.69. The van der Waals surface area contributed by atoms with Crippen LogP contribution < -0.4 is 14.5 Å². The maximum absolute atomic E-state index is 13.3. The van der Waals surface area contributed by atoms with Gasteiger partial charge >= 0.3 is 6.18 Å². The van der Waals surface area contributed by atoms with E-state index in [0.717, 1.165) is 30.5 Å². The number of ether oxygens (including phenoxy) is 1. The molecule has 2 heterocycles. The molecule has 0 bridgehead atoms. The summed E-state index contributed by atoms with van der Waals surface area (Å²) in [6.45, 7) is 3.88. The molecule has 1 saturated heterocycles. The first-order valence-electron chi connectivity index (χ1n) is 9.00. The highest BCUT2D eigenvalue weighted by Crippen LogP contribution is 2.36. The first kappa shape index (κ1) is 19.8. The molecule has 2 aromatic rings. The minimum absolute atomic E-state index is 0.0453. The molecule has 1 unspecified atom stereocenters. The molecule has 0 amide bonds. The van der Waals surface area contributed by atoms with Gasteiger partial charge in [-0.3, -0.25) is 4.98 Å². The van der Waals surface area contributed by atoms with Crippen LogP contribution in [0.15, 0.2) is 36.7 Å². The largest absolute Gasteiger partial charge is 0.494 e. The molecular weight excluding hydrogens is 369 g/mol. The third-order valence-corrected chi connectivity index (χ3v) is 5.03. The predicted octanol–water partition coefficient (Wildman–Crippen LogP) is 4.09. The van der Waals surface area contributed by atoms with Crippen molar-refractivity contribution >= 4 is 11.4 Å². The lowest BCUT2D eigenvalue weighted by molar-refractivity contribution is -0.137. The zero-order chi connectivity index (χ0) is 20.3. The fourth-order valence-electron chi connectivity index (χ4n) is 3.69. The van der Waals surface area contributed by atoms with E-state index in [1.807, 2.05) is 11.8 Å². The van der Waals surface area contributed by atoms with E-state index in [-0.39, 0.29) is 11.6 Å². The average Bonchev–Trinajstić information content (AvgIpc) is 3.17. The maximum atomic E-state index is 13.3. The van der Waals surface area contributed by atoms with E-state index in [1.54, 1.807) is 37.7 Å². The lowest BCUT2D eigenvalue weighted by Crippen LogP contribution is -2.37. The van der Waals surface area contributed by atoms with Gasteiger partial charge in [0.25, 0.3) is 0 Å². The predicted molar refractivity (Wildman–Crippen MR) is 101 cm³/mol. The number of halogens is 3. The Morgan fingerprint density at radius 1 is 1.36 bits per heavy atom. The van der Waals surface area contributed by atoms with E-state index < -0.39 is 11.7 Å². The highest BCUT2D eigenvalue weighted by Gasteiger charge is 2.35. The standard InChI is InChI=1S/C20H21F3N4O/c1-3-27(15-5-4-14(11-24)17(10-15)20(21,22)23)16-7-9-26(13-16)18-12-25-8-6-19(18)28-2/h4-6,8,10,12,16H,3,7,9,13H2,1-2H3. The van der Waals surface area contributed by atoms with Crippen LogP contribution in [0.5, 0.6) is 5.75 Å². The van der Waals surface area contributed by atoms with Crippen LogP contribution in [0, 0.1) is 11.3 Å². The number of hydrogen-bond acceptors (Lipinski definition) is 5. The van der Waals surface area contributed by atoms with Crippen LogP contribution >= 0.6 is 0 Å². The summed E-state index contributed by atoms with van der Waals surface area (Å²) in [5.74, 6) is 0.719. The average molecular weight is 390 g/mol. The molecule has 8 heteroatoms. The normalized spacial score (nSPS) is 16.7. The zero-order valence-electron chi connectivity index (χ0n) is 15.7. The summed E-state index contributed by atoms with van der Waals surface area (Å²) in [5.41, 5.74) is 0.0911. The van der Waals surface area contributed by atoms with Crippen LogP contribution in [0.3, 0.4) is 0 Å². The van der Waals surface area contributed by atoms with E-state index in [1.165, 1.54) is 6.07 Å². The van der Waals surface area contributed by atoms with Crippen molar-refractivity contribution in [3.63, 3.8) is 0 Å². The quantitative estimate of drug-likeness (QED) is 0.770. The van der Waals surface area contributed by atoms with Gasteiger partial charge in [0.15, 0.2) is 0 Å². The van der Waals surface area contributed by atoms with Crippen molar-refractivity contribution in [2.45, 2.75) is 25.6 Å². The molecule has 1 aromatic heterocycles. The number of rotatable bonds is 5. The topological polar surface area (TPSA) is 52.4 Å². The number of hydrogen-bond donors (Lipinski definition) is 0. The molecule has 1 fully saturated rings. The maximum Gasteiger partial charge on any atom is 0.417 e. The minimum atomic E-state index is -4.56. The van der Waals surface area contributed by atoms with Gasteiger partial charge in [-0.15, -0.1) is 0 Å². The van der Waals surface area contributed by atoms with Gasteiger partial charge in [0.2, 0.25) is 0 Å². The number of pyridine rings is 1. The zero-order valence-corrected chi connectivity index (χ0v) is 15.7. The fraction of sp³-hybridized carbons (Fsp3) is 0.400. The second-order valence-corrected chi connectivity index (χ2v) is 6.56. The molecule has 0 radical (unpaired) electrons. The molecule has 1 aliphatic rings. The van der Waals surface area contributed by atoms with E-state index in [2.05, 4.69) is 9.88 Å². The second-order valence-electron chi connectivity index (χ2n) is 6.56. The first-order chi connectivity index (χ1) is 13.4. The van der Waals surface area contributed by atoms with Gasteiger partial charge < -0.3 is 14.5 Å². The van der Waals surface area contributed by atoms with Gasteiger partial charge in [0.05, 0.1) is 36.2 Å². The van der Waals surface area contributed by atoms with Crippen molar-refractivity contribution in [2.75, 3.05) is 36.5 Å². The lowest BCUT2D eigenvalue weighted by Gasteiger charge is -2.31. The molecule has 28 heavy (non-hydrogen) atoms. The molecule has 0 saturated carbocycles. The third-order valence-electron chi connectivity index (χ3n) is 5.03. The van der Waals surface area contributed by atoms with Crippen LogP contribution in [0.2, 0.25) is 0 Å². The van der Waals surface area contributed by atoms with Gasteiger partial charge in [0.1, 0.15) is 5.75 Å². The Labute approximate surface area is 162 Å². The number of alkyl halides is 3. The number of likely N-dealkylation sites (N-methyl/N-ethyl adjacent to an activating group) is 1. The van der Waals surface area contributed by atoms with Crippen molar-refractivity contribution in [1.29, 1.82) is 5.26 Å². The number of nitrogens with zero attached hydrogens (tertiary/aromatic N) is 4. The van der Waals surface area contributed by atoms with Crippen molar-refractivity contribution < 1.29 is 17.9 Å². The molecule has 0 N–H and O–H groups in total. The van der Waals surface area contributed by atoms with E-state index in [9.17, 15) is 13.2 Å². The number of benzene rings is 1. The van der Waals surface area contributed by atoms with Gasteiger partial charge in [-0.2, -0.15) is 18.4 Å². The minimum Gasteiger partial charge on any atom is -0.494 e. The molecule has 3 rings (SSSR count). The number of anilines is 2. The third kappa shape index (κ3) is 3.84. The summed E-state index contributed by atoms with van der Waals surface area (Å²) < 4.78 is 45.4. The number of aromatic nitrogens is 1. The smallest absolute Gasteiger partial charge is 0.417 e. The van der Waals surface area contributed by atoms with E-state index in [4.69, 9.17) is 10.00 Å². The second kappa shape index (κ2) is 7.97. The Hall–Kier alpha value is -2.95. The summed E-state index contributed by atoms with van der Waals surface area (Å²) in [5, 5.41) is 9.00. The molecular formula is C20H21F3N4O. The van der Waals surface area contributed by atoms with Gasteiger partial charge in [-0.25, -0.2) is 0 Å². The number of nitriles is 1. The summed E-state index contributed by atoms with van der Waals surface area (Å²) in [4.78, 5) is 8.24. The Morgan fingerprint density at radius 2 is 2.14 bits per heavy atom. The highest BCUT2D eigenvalue weighted by atomic mass is 19.4. The molecule has 1 aromatic carbocycles. The van der Waals surface area contributed by atoms with Crippen LogP contribution in [0.1, 0.15) is 24.5 Å². The van der Waals surface area contributed by atoms with Gasteiger partial charge in [0, 0.05) is 43.6 Å². The molecule has 148 valence electrons. The van der Waals surface area contributed by atoms with E-state index >= 15 is 0 Å². The Balaban J connectivity index is 1.86. The van der Waals surface area contributed by atoms with Gasteiger partial charge in [-0.05, 0) is 31.5 Å². The first-order valence-corrected chi connectivity index (χ1v) is 9.00. The molecule has 5 nitrogen and oxygen atoms in total. The van der Waals surface area contributed by atoms with Crippen molar-refractivity contribution in [2.24, 2.45) is 0 Å². The van der Waals surface area contributed by atoms with Crippen molar-refractivity contribution in [3.05, 3.63) is 47.8 Å². The molecule has 0 spiro atoms. The highest BCUT2D eigenvalue weighted by molar-refractivity contribution is 5.59. The summed E-state index contributed by atoms with van der Waals surface area (Å²) >= 11 is 0.